The third-order valence-electron chi connectivity index (χ3n) is 3.38. The minimum Gasteiger partial charge on any atom is -0.423 e. The van der Waals surface area contributed by atoms with Crippen LogP contribution in [-0.4, -0.2) is 16.7 Å². The lowest BCUT2D eigenvalue weighted by atomic mass is 10.0. The molecule has 3 rings (SSSR count). The maximum atomic E-state index is 12.3. The third-order valence-corrected chi connectivity index (χ3v) is 3.38. The van der Waals surface area contributed by atoms with Crippen molar-refractivity contribution in [1.29, 1.82) is 0 Å². The van der Waals surface area contributed by atoms with Crippen LogP contribution in [0.4, 0.5) is 0 Å². The van der Waals surface area contributed by atoms with Gasteiger partial charge in [-0.05, 0) is 30.3 Å². The van der Waals surface area contributed by atoms with Crippen LogP contribution >= 0.6 is 0 Å². The van der Waals surface area contributed by atoms with Gasteiger partial charge in [0.25, 0.3) is 0 Å². The Morgan fingerprint density at radius 3 is 2.00 bits per heavy atom. The van der Waals surface area contributed by atoms with Gasteiger partial charge < -0.3 is 9.72 Å². The van der Waals surface area contributed by atoms with E-state index >= 15 is 0 Å². The molecule has 0 fully saturated rings. The number of hydrogen-bond acceptors (Lipinski definition) is 4. The number of ketones is 1. The molecule has 118 valence electrons. The van der Waals surface area contributed by atoms with E-state index in [2.05, 4.69) is 4.98 Å². The molecule has 0 saturated heterocycles. The second-order valence-electron chi connectivity index (χ2n) is 5.05. The molecule has 5 heteroatoms. The molecular formula is C19H13NO4. The number of hydrogen-bond donors (Lipinski definition) is 1. The Hall–Kier alpha value is -3.47. The zero-order valence-electron chi connectivity index (χ0n) is 12.6. The van der Waals surface area contributed by atoms with E-state index in [4.69, 9.17) is 4.74 Å². The zero-order chi connectivity index (χ0) is 16.9. The first kappa shape index (κ1) is 15.4. The van der Waals surface area contributed by atoms with Crippen molar-refractivity contribution < 1.29 is 14.3 Å². The van der Waals surface area contributed by atoms with Crippen molar-refractivity contribution in [3.8, 4) is 5.75 Å². The number of esters is 1. The van der Waals surface area contributed by atoms with Crippen LogP contribution in [0.1, 0.15) is 26.3 Å². The Morgan fingerprint density at radius 2 is 1.38 bits per heavy atom. The molecule has 2 aromatic carbocycles. The summed E-state index contributed by atoms with van der Waals surface area (Å²) in [4.78, 5) is 37.6. The van der Waals surface area contributed by atoms with Gasteiger partial charge in [-0.1, -0.05) is 30.3 Å². The Labute approximate surface area is 137 Å². The van der Waals surface area contributed by atoms with E-state index in [-0.39, 0.29) is 16.9 Å². The molecule has 0 radical (unpaired) electrons. The van der Waals surface area contributed by atoms with E-state index in [0.717, 1.165) is 0 Å². The van der Waals surface area contributed by atoms with Gasteiger partial charge in [0.15, 0.2) is 5.78 Å². The molecule has 0 unspecified atom stereocenters. The average molecular weight is 319 g/mol. The van der Waals surface area contributed by atoms with Gasteiger partial charge in [0.05, 0.1) is 5.56 Å². The van der Waals surface area contributed by atoms with Crippen molar-refractivity contribution in [1.82, 2.24) is 4.98 Å². The van der Waals surface area contributed by atoms with Crippen molar-refractivity contribution in [3.63, 3.8) is 0 Å². The molecular weight excluding hydrogens is 306 g/mol. The Bertz CT molecular complexity index is 907. The number of aromatic amines is 1. The van der Waals surface area contributed by atoms with Crippen molar-refractivity contribution >= 4 is 11.8 Å². The number of carbonyl (C=O) groups excluding carboxylic acids is 2. The maximum Gasteiger partial charge on any atom is 0.345 e. The first-order valence-electron chi connectivity index (χ1n) is 7.24. The monoisotopic (exact) mass is 319 g/mol. The van der Waals surface area contributed by atoms with Gasteiger partial charge >= 0.3 is 5.97 Å². The van der Waals surface area contributed by atoms with Crippen LogP contribution in [0.25, 0.3) is 0 Å². The molecule has 1 N–H and O–H groups in total. The first-order chi connectivity index (χ1) is 11.6. The second-order valence-corrected chi connectivity index (χ2v) is 5.05. The van der Waals surface area contributed by atoms with Crippen molar-refractivity contribution in [3.05, 3.63) is 100.0 Å². The van der Waals surface area contributed by atoms with Crippen molar-refractivity contribution in [2.75, 3.05) is 0 Å². The molecule has 0 saturated carbocycles. The Kier molecular flexibility index (Phi) is 4.34. The summed E-state index contributed by atoms with van der Waals surface area (Å²) in [6.45, 7) is 0. The maximum absolute atomic E-state index is 12.3. The molecule has 0 aliphatic heterocycles. The summed E-state index contributed by atoms with van der Waals surface area (Å²) in [5, 5.41) is 0. The van der Waals surface area contributed by atoms with Crippen LogP contribution in [0.5, 0.6) is 5.75 Å². The highest BCUT2D eigenvalue weighted by Crippen LogP contribution is 2.16. The number of benzene rings is 2. The molecule has 0 aliphatic rings. The number of H-pyrrole nitrogens is 1. The summed E-state index contributed by atoms with van der Waals surface area (Å²) in [7, 11) is 0. The number of aromatic nitrogens is 1. The Balaban J connectivity index is 1.73. The molecule has 0 aliphatic carbocycles. The van der Waals surface area contributed by atoms with E-state index < -0.39 is 5.97 Å². The van der Waals surface area contributed by atoms with Crippen molar-refractivity contribution in [2.45, 2.75) is 0 Å². The SMILES string of the molecule is O=C(Oc1ccc(C(=O)c2ccccc2)cc1)c1ccc(=O)[nH]c1. The van der Waals surface area contributed by atoms with Gasteiger partial charge in [-0.2, -0.15) is 0 Å². The number of rotatable bonds is 4. The summed E-state index contributed by atoms with van der Waals surface area (Å²) in [6.07, 6.45) is 1.29. The number of ether oxygens (including phenoxy) is 1. The molecule has 1 aromatic heterocycles. The molecule has 0 atom stereocenters. The molecule has 5 nitrogen and oxygen atoms in total. The molecule has 3 aromatic rings. The molecule has 0 amide bonds. The van der Waals surface area contributed by atoms with E-state index in [0.29, 0.717) is 16.9 Å². The normalized spacial score (nSPS) is 10.2. The number of nitrogens with one attached hydrogen (secondary N) is 1. The lowest BCUT2D eigenvalue weighted by Gasteiger charge is -2.05. The first-order valence-corrected chi connectivity index (χ1v) is 7.24. The predicted octanol–water partition coefficient (Wildman–Crippen LogP) is 2.83. The summed E-state index contributed by atoms with van der Waals surface area (Å²) in [5.74, 6) is -0.377. The van der Waals surface area contributed by atoms with E-state index in [1.807, 2.05) is 6.07 Å². The molecule has 24 heavy (non-hydrogen) atoms. The predicted molar refractivity (Wildman–Crippen MR) is 88.3 cm³/mol. The van der Waals surface area contributed by atoms with Crippen LogP contribution in [0.15, 0.2) is 77.7 Å². The van der Waals surface area contributed by atoms with Crippen LogP contribution in [0.3, 0.4) is 0 Å². The minimum atomic E-state index is -0.589. The van der Waals surface area contributed by atoms with E-state index in [9.17, 15) is 14.4 Å². The molecule has 1 heterocycles. The lowest BCUT2D eigenvalue weighted by molar-refractivity contribution is 0.0734. The van der Waals surface area contributed by atoms with Gasteiger partial charge in [-0.3, -0.25) is 9.59 Å². The van der Waals surface area contributed by atoms with Gasteiger partial charge in [0.2, 0.25) is 5.56 Å². The standard InChI is InChI=1S/C19H13NO4/c21-17-11-8-15(12-20-17)19(23)24-16-9-6-14(7-10-16)18(22)13-4-2-1-3-5-13/h1-12H,(H,20,21). The van der Waals surface area contributed by atoms with Gasteiger partial charge in [-0.25, -0.2) is 4.79 Å². The third kappa shape index (κ3) is 3.47. The van der Waals surface area contributed by atoms with Crippen molar-refractivity contribution in [2.24, 2.45) is 0 Å². The summed E-state index contributed by atoms with van der Waals surface area (Å²) >= 11 is 0. The summed E-state index contributed by atoms with van der Waals surface area (Å²) in [5.41, 5.74) is 1.04. The summed E-state index contributed by atoms with van der Waals surface area (Å²) in [6, 6.07) is 17.9. The lowest BCUT2D eigenvalue weighted by Crippen LogP contribution is -2.12. The minimum absolute atomic E-state index is 0.103. The second kappa shape index (κ2) is 6.75. The molecule has 0 bridgehead atoms. The smallest absolute Gasteiger partial charge is 0.345 e. The number of pyridine rings is 1. The largest absolute Gasteiger partial charge is 0.423 e. The van der Waals surface area contributed by atoms with Gasteiger partial charge in [-0.15, -0.1) is 0 Å². The van der Waals surface area contributed by atoms with Crippen LogP contribution in [0, 0.1) is 0 Å². The highest BCUT2D eigenvalue weighted by molar-refractivity contribution is 6.09. The van der Waals surface area contributed by atoms with Gasteiger partial charge in [0.1, 0.15) is 5.75 Å². The van der Waals surface area contributed by atoms with Crippen LogP contribution in [0.2, 0.25) is 0 Å². The fourth-order valence-electron chi connectivity index (χ4n) is 2.13. The topological polar surface area (TPSA) is 76.2 Å². The van der Waals surface area contributed by atoms with E-state index in [1.165, 1.54) is 18.3 Å². The highest BCUT2D eigenvalue weighted by Gasteiger charge is 2.11. The van der Waals surface area contributed by atoms with Crippen LogP contribution < -0.4 is 10.3 Å². The Morgan fingerprint density at radius 1 is 0.750 bits per heavy atom. The quantitative estimate of drug-likeness (QED) is 0.456. The fraction of sp³-hybridized carbons (Fsp3) is 0. The molecule has 0 spiro atoms. The van der Waals surface area contributed by atoms with Crippen LogP contribution in [-0.2, 0) is 0 Å². The highest BCUT2D eigenvalue weighted by atomic mass is 16.5. The van der Waals surface area contributed by atoms with E-state index in [1.54, 1.807) is 48.5 Å². The fourth-order valence-corrected chi connectivity index (χ4v) is 2.13. The summed E-state index contributed by atoms with van der Waals surface area (Å²) < 4.78 is 5.21. The van der Waals surface area contributed by atoms with Gasteiger partial charge in [0, 0.05) is 23.4 Å². The average Bonchev–Trinajstić information content (AvgIpc) is 2.63. The number of carbonyl (C=O) groups is 2. The zero-order valence-corrected chi connectivity index (χ0v) is 12.6.